The molecule has 0 radical (unpaired) electrons. The molecular weight excluding hydrogens is 928 g/mol. The standard InChI is InChI=1S/C55H43N4O.Pt/c1-38-36-56-53(35-50(38)41-25-27-42(28-26-41)55(2,3)4)59-51-24-12-11-21-48(51)49-30-29-45(34-52(49)59)60-44-20-13-19-43(33-44)57-31-32-58(37-57)54-46(39-15-7-5-8-16-39)22-14-23-47(54)40-17-9-6-10-18-40;/h5-32,35-37H,1-4H3;/q-3;. The number of fused-ring (bicyclic) bond motifs is 3. The second-order valence-electron chi connectivity index (χ2n) is 16.3. The smallest absolute Gasteiger partial charge is 0.136 e. The van der Waals surface area contributed by atoms with E-state index in [4.69, 9.17) is 9.72 Å². The van der Waals surface area contributed by atoms with Crippen LogP contribution in [-0.2, 0) is 26.5 Å². The summed E-state index contributed by atoms with van der Waals surface area (Å²) in [4.78, 5) is 9.25. The van der Waals surface area contributed by atoms with Crippen molar-refractivity contribution in [2.24, 2.45) is 0 Å². The van der Waals surface area contributed by atoms with E-state index < -0.39 is 0 Å². The molecule has 0 bridgehead atoms. The van der Waals surface area contributed by atoms with Crippen molar-refractivity contribution in [3.8, 4) is 50.7 Å². The molecule has 6 heteroatoms. The van der Waals surface area contributed by atoms with E-state index in [-0.39, 0.29) is 26.5 Å². The average molecular weight is 971 g/mol. The van der Waals surface area contributed by atoms with Gasteiger partial charge in [-0.2, -0.15) is 12.1 Å². The number of benzene rings is 7. The summed E-state index contributed by atoms with van der Waals surface area (Å²) in [7, 11) is 0. The van der Waals surface area contributed by atoms with Crippen molar-refractivity contribution in [2.75, 3.05) is 9.80 Å². The molecule has 1 aliphatic rings. The van der Waals surface area contributed by atoms with Crippen molar-refractivity contribution in [3.63, 3.8) is 0 Å². The molecule has 1 aliphatic heterocycles. The van der Waals surface area contributed by atoms with Gasteiger partial charge in [-0.1, -0.05) is 148 Å². The minimum absolute atomic E-state index is 0. The molecule has 3 heterocycles. The fourth-order valence-corrected chi connectivity index (χ4v) is 8.18. The molecule has 0 atom stereocenters. The van der Waals surface area contributed by atoms with Crippen LogP contribution in [-0.4, -0.2) is 9.55 Å². The van der Waals surface area contributed by atoms with Crippen LogP contribution >= 0.6 is 0 Å². The third-order valence-electron chi connectivity index (χ3n) is 11.3. The molecule has 0 N–H and O–H groups in total. The quantitative estimate of drug-likeness (QED) is 0.142. The summed E-state index contributed by atoms with van der Waals surface area (Å²) in [6.45, 7) is 11.0. The van der Waals surface area contributed by atoms with Gasteiger partial charge in [-0.3, -0.25) is 0 Å². The van der Waals surface area contributed by atoms with Gasteiger partial charge < -0.3 is 19.1 Å². The van der Waals surface area contributed by atoms with Crippen LogP contribution in [0.4, 0.5) is 11.4 Å². The van der Waals surface area contributed by atoms with Gasteiger partial charge in [0.1, 0.15) is 5.82 Å². The van der Waals surface area contributed by atoms with E-state index in [0.29, 0.717) is 11.5 Å². The number of hydrogen-bond acceptors (Lipinski definition) is 4. The minimum atomic E-state index is 0. The molecule has 10 rings (SSSR count). The largest absolute Gasteiger partial charge is 0.509 e. The van der Waals surface area contributed by atoms with Gasteiger partial charge >= 0.3 is 0 Å². The summed E-state index contributed by atoms with van der Waals surface area (Å²) in [6.07, 6.45) is 6.13. The molecule has 0 saturated carbocycles. The van der Waals surface area contributed by atoms with Crippen molar-refractivity contribution in [3.05, 3.63) is 212 Å². The van der Waals surface area contributed by atoms with Crippen LogP contribution in [0.2, 0.25) is 0 Å². The zero-order chi connectivity index (χ0) is 40.8. The number of rotatable bonds is 8. The Morgan fingerprint density at radius 3 is 1.90 bits per heavy atom. The number of hydrogen-bond donors (Lipinski definition) is 0. The van der Waals surface area contributed by atoms with Gasteiger partial charge in [0.2, 0.25) is 0 Å². The van der Waals surface area contributed by atoms with Gasteiger partial charge in [-0.15, -0.1) is 48.1 Å². The number of para-hydroxylation sites is 2. The van der Waals surface area contributed by atoms with Crippen molar-refractivity contribution in [2.45, 2.75) is 33.1 Å². The van der Waals surface area contributed by atoms with Crippen LogP contribution in [0.1, 0.15) is 31.9 Å². The van der Waals surface area contributed by atoms with E-state index in [2.05, 4.69) is 213 Å². The SMILES string of the molecule is Cc1cnc(-n2c3[c-]c(Oc4[c-]c(N5C=CN(c6c(-c7ccccc7)cccc6-c6ccccc6)[CH-]5)ccc4)ccc3c3ccccc32)cc1-c1ccc(C(C)(C)C)cc1.[Pt]. The summed E-state index contributed by atoms with van der Waals surface area (Å²) in [5, 5.41) is 2.21. The third-order valence-corrected chi connectivity index (χ3v) is 11.3. The molecule has 0 unspecified atom stereocenters. The van der Waals surface area contributed by atoms with Gasteiger partial charge in [-0.25, -0.2) is 4.98 Å². The van der Waals surface area contributed by atoms with Crippen LogP contribution in [0.3, 0.4) is 0 Å². The van der Waals surface area contributed by atoms with Crippen molar-refractivity contribution < 1.29 is 25.8 Å². The van der Waals surface area contributed by atoms with Gasteiger partial charge in [0, 0.05) is 61.1 Å². The molecule has 2 aromatic heterocycles. The first-order valence-electron chi connectivity index (χ1n) is 20.4. The van der Waals surface area contributed by atoms with E-state index >= 15 is 0 Å². The van der Waals surface area contributed by atoms with Gasteiger partial charge in [0.05, 0.1) is 0 Å². The number of aryl methyl sites for hydroxylation is 1. The summed E-state index contributed by atoms with van der Waals surface area (Å²) in [6, 6.07) is 64.4. The molecule has 0 saturated heterocycles. The Balaban J connectivity index is 0.00000476. The Morgan fingerprint density at radius 1 is 0.574 bits per heavy atom. The molecule has 0 fully saturated rings. The zero-order valence-electron chi connectivity index (χ0n) is 34.4. The number of pyridine rings is 1. The Hall–Kier alpha value is -6.68. The predicted octanol–water partition coefficient (Wildman–Crippen LogP) is 14.1. The molecule has 0 spiro atoms. The molecular formula is C55H43N4OPt-3. The first kappa shape index (κ1) is 39.8. The van der Waals surface area contributed by atoms with Crippen LogP contribution < -0.4 is 14.5 Å². The van der Waals surface area contributed by atoms with E-state index in [1.165, 1.54) is 11.1 Å². The van der Waals surface area contributed by atoms with Gasteiger partial charge in [-0.05, 0) is 75.6 Å². The van der Waals surface area contributed by atoms with E-state index in [9.17, 15) is 0 Å². The van der Waals surface area contributed by atoms with E-state index in [0.717, 1.165) is 72.4 Å². The fourth-order valence-electron chi connectivity index (χ4n) is 8.18. The zero-order valence-corrected chi connectivity index (χ0v) is 36.7. The minimum Gasteiger partial charge on any atom is -0.509 e. The third kappa shape index (κ3) is 7.67. The molecule has 61 heavy (non-hydrogen) atoms. The maximum absolute atomic E-state index is 6.57. The summed E-state index contributed by atoms with van der Waals surface area (Å²) >= 11 is 0. The number of ether oxygens (including phenoxy) is 1. The van der Waals surface area contributed by atoms with Crippen LogP contribution in [0.5, 0.6) is 11.5 Å². The normalized spacial score (nSPS) is 12.6. The maximum Gasteiger partial charge on any atom is 0.136 e. The van der Waals surface area contributed by atoms with Gasteiger partial charge in [0.25, 0.3) is 0 Å². The Morgan fingerprint density at radius 2 is 1.20 bits per heavy atom. The predicted molar refractivity (Wildman–Crippen MR) is 247 cm³/mol. The van der Waals surface area contributed by atoms with Crippen LogP contribution in [0.25, 0.3) is 61.0 Å². The number of anilines is 2. The maximum atomic E-state index is 6.57. The van der Waals surface area contributed by atoms with Crippen LogP contribution in [0, 0.1) is 25.7 Å². The molecule has 9 aromatic rings. The van der Waals surface area contributed by atoms with Crippen molar-refractivity contribution in [1.29, 1.82) is 0 Å². The fraction of sp³-hybridized carbons (Fsp3) is 0.0909. The molecule has 0 aliphatic carbocycles. The number of nitrogens with zero attached hydrogens (tertiary/aromatic N) is 4. The summed E-state index contributed by atoms with van der Waals surface area (Å²) < 4.78 is 8.76. The average Bonchev–Trinajstić information content (AvgIpc) is 3.90. The van der Waals surface area contributed by atoms with E-state index in [1.807, 2.05) is 30.5 Å². The molecule has 0 amide bonds. The number of aromatic nitrogens is 2. The second kappa shape index (κ2) is 16.4. The second-order valence-corrected chi connectivity index (χ2v) is 16.3. The monoisotopic (exact) mass is 970 g/mol. The van der Waals surface area contributed by atoms with E-state index in [1.54, 1.807) is 0 Å². The molecule has 5 nitrogen and oxygen atoms in total. The van der Waals surface area contributed by atoms with Crippen molar-refractivity contribution >= 4 is 33.2 Å². The Labute approximate surface area is 372 Å². The topological polar surface area (TPSA) is 33.5 Å². The first-order valence-corrected chi connectivity index (χ1v) is 20.4. The Bertz CT molecular complexity index is 2980. The van der Waals surface area contributed by atoms with Crippen molar-refractivity contribution in [1.82, 2.24) is 9.55 Å². The molecule has 7 aromatic carbocycles. The first-order chi connectivity index (χ1) is 29.3. The Kier molecular flexibility index (Phi) is 10.7. The van der Waals surface area contributed by atoms with Gasteiger partial charge in [0.15, 0.2) is 0 Å². The summed E-state index contributed by atoms with van der Waals surface area (Å²) in [5.74, 6) is 2.01. The summed E-state index contributed by atoms with van der Waals surface area (Å²) in [5.41, 5.74) is 13.4. The van der Waals surface area contributed by atoms with Crippen LogP contribution in [0.15, 0.2) is 182 Å². The molecule has 302 valence electrons.